The summed E-state index contributed by atoms with van der Waals surface area (Å²) in [4.78, 5) is 28.1. The molecule has 0 bridgehead atoms. The minimum Gasteiger partial charge on any atom is -0.369 e. The van der Waals surface area contributed by atoms with Crippen LogP contribution in [0.3, 0.4) is 0 Å². The van der Waals surface area contributed by atoms with E-state index in [9.17, 15) is 19.8 Å². The Morgan fingerprint density at radius 2 is 0.891 bits per heavy atom. The summed E-state index contributed by atoms with van der Waals surface area (Å²) in [6.45, 7) is 1.52. The average Bonchev–Trinajstić information content (AvgIpc) is 3.53. The van der Waals surface area contributed by atoms with E-state index in [-0.39, 0.29) is 11.6 Å². The van der Waals surface area contributed by atoms with Crippen molar-refractivity contribution in [3.63, 3.8) is 0 Å². The summed E-state index contributed by atoms with van der Waals surface area (Å²) in [6, 6.07) is 52.0. The normalized spacial score (nSPS) is 11.4. The van der Waals surface area contributed by atoms with Crippen LogP contribution in [0.15, 0.2) is 182 Å². The lowest BCUT2D eigenvalue weighted by Gasteiger charge is -2.23. The van der Waals surface area contributed by atoms with Crippen LogP contribution in [0.1, 0.15) is 66.6 Å². The number of pyridine rings is 1. The van der Waals surface area contributed by atoms with Crippen molar-refractivity contribution in [2.24, 2.45) is 0 Å². The van der Waals surface area contributed by atoms with Crippen LogP contribution in [-0.2, 0) is 11.2 Å². The molecule has 5 heteroatoms. The van der Waals surface area contributed by atoms with Gasteiger partial charge in [0.15, 0.2) is 22.8 Å². The second kappa shape index (κ2) is 15.8. The van der Waals surface area contributed by atoms with Crippen molar-refractivity contribution >= 4 is 11.6 Å². The Balaban J connectivity index is 0.000000455. The number of aromatic nitrogens is 1. The zero-order valence-electron chi connectivity index (χ0n) is 30.0. The third-order valence-corrected chi connectivity index (χ3v) is 9.43. The topological polar surface area (TPSA) is 87.5 Å². The molecule has 0 unspecified atom stereocenters. The van der Waals surface area contributed by atoms with Gasteiger partial charge in [-0.25, -0.2) is 0 Å². The van der Waals surface area contributed by atoms with E-state index in [0.29, 0.717) is 50.1 Å². The Hall–Kier alpha value is -7.15. The number of hydrogen-bond donors (Lipinski definition) is 2. The number of carbonyl (C=O) groups is 2. The molecule has 264 valence electrons. The lowest BCUT2D eigenvalue weighted by molar-refractivity contribution is 0.101. The van der Waals surface area contributed by atoms with Gasteiger partial charge < -0.3 is 10.2 Å². The number of fused-ring (bicyclic) bond motifs is 3. The number of ketones is 2. The fourth-order valence-electron chi connectivity index (χ4n) is 6.47. The molecule has 1 aliphatic carbocycles. The Bertz CT molecular complexity index is 2360. The molecule has 55 heavy (non-hydrogen) atoms. The molecule has 0 fully saturated rings. The van der Waals surface area contributed by atoms with Crippen molar-refractivity contribution in [2.75, 3.05) is 0 Å². The van der Waals surface area contributed by atoms with Crippen LogP contribution in [0.2, 0.25) is 0 Å². The maximum Gasteiger partial charge on any atom is 0.194 e. The lowest BCUT2D eigenvalue weighted by Crippen LogP contribution is -2.25. The summed E-state index contributed by atoms with van der Waals surface area (Å²) in [7, 11) is 0. The second-order valence-electron chi connectivity index (χ2n) is 13.0. The highest BCUT2D eigenvalue weighted by Crippen LogP contribution is 2.38. The molecule has 0 radical (unpaired) electrons. The molecule has 7 aromatic rings. The van der Waals surface area contributed by atoms with Crippen LogP contribution in [0, 0.1) is 23.7 Å². The number of nitrogens with zero attached hydrogens (tertiary/aromatic N) is 1. The van der Waals surface area contributed by atoms with Gasteiger partial charge in [-0.1, -0.05) is 157 Å². The first-order valence-corrected chi connectivity index (χ1v) is 17.7. The predicted octanol–water partition coefficient (Wildman–Crippen LogP) is 8.76. The van der Waals surface area contributed by atoms with Gasteiger partial charge in [-0.3, -0.25) is 14.6 Å². The Kier molecular flexibility index (Phi) is 10.4. The molecule has 5 nitrogen and oxygen atoms in total. The number of Topliss-reactive ketones (excluding diaryl/α,β-unsaturated/α-hetero) is 1. The molecule has 6 aromatic carbocycles. The molecule has 1 heterocycles. The number of benzene rings is 6. The first-order valence-electron chi connectivity index (χ1n) is 17.7. The highest BCUT2D eigenvalue weighted by atomic mass is 16.3. The standard InChI is InChI=1S/C43H28O3.C7H7NO/c44-41-39-29-31(25-27-42(45,33-13-5-1-6-14-33)34-15-7-2-8-16-34)21-23-37(39)38-24-22-32(30-40(38)41)26-28-43(46,35-17-9-3-10-18-35)36-19-11-4-12-20-36;1-6(9)7-3-2-4-8-5-7/h1-24,29-30,45-46H;2-5H,1H3. The Morgan fingerprint density at radius 3 is 1.20 bits per heavy atom. The molecule has 0 saturated heterocycles. The van der Waals surface area contributed by atoms with Crippen molar-refractivity contribution in [3.8, 4) is 34.8 Å². The predicted molar refractivity (Wildman–Crippen MR) is 215 cm³/mol. The van der Waals surface area contributed by atoms with Crippen molar-refractivity contribution in [1.29, 1.82) is 0 Å². The molecule has 8 rings (SSSR count). The van der Waals surface area contributed by atoms with Crippen molar-refractivity contribution in [1.82, 2.24) is 4.98 Å². The number of aliphatic hydroxyl groups is 2. The molecule has 1 aliphatic rings. The summed E-state index contributed by atoms with van der Waals surface area (Å²) in [5, 5.41) is 23.6. The van der Waals surface area contributed by atoms with Gasteiger partial charge in [-0.05, 0) is 54.4 Å². The number of hydrogen-bond acceptors (Lipinski definition) is 5. The molecule has 0 saturated carbocycles. The lowest BCUT2D eigenvalue weighted by atomic mass is 9.86. The van der Waals surface area contributed by atoms with Gasteiger partial charge in [0.25, 0.3) is 0 Å². The van der Waals surface area contributed by atoms with E-state index in [1.165, 1.54) is 6.92 Å². The summed E-state index contributed by atoms with van der Waals surface area (Å²) >= 11 is 0. The van der Waals surface area contributed by atoms with Crippen molar-refractivity contribution in [3.05, 3.63) is 232 Å². The second-order valence-corrected chi connectivity index (χ2v) is 13.0. The first kappa shape index (κ1) is 36.2. The van der Waals surface area contributed by atoms with Crippen LogP contribution in [0.5, 0.6) is 0 Å². The molecule has 0 spiro atoms. The molecular weight excluding hydrogens is 679 g/mol. The van der Waals surface area contributed by atoms with Gasteiger partial charge in [0.1, 0.15) is 0 Å². The van der Waals surface area contributed by atoms with Crippen LogP contribution >= 0.6 is 0 Å². The van der Waals surface area contributed by atoms with Crippen LogP contribution in [-0.4, -0.2) is 26.8 Å². The van der Waals surface area contributed by atoms with E-state index in [4.69, 9.17) is 0 Å². The molecule has 0 aliphatic heterocycles. The average molecular weight is 714 g/mol. The van der Waals surface area contributed by atoms with Crippen LogP contribution in [0.25, 0.3) is 11.1 Å². The van der Waals surface area contributed by atoms with E-state index in [2.05, 4.69) is 28.7 Å². The first-order chi connectivity index (χ1) is 26.8. The highest BCUT2D eigenvalue weighted by molar-refractivity contribution is 6.22. The minimum atomic E-state index is -1.52. The van der Waals surface area contributed by atoms with E-state index in [1.54, 1.807) is 36.7 Å². The van der Waals surface area contributed by atoms with Gasteiger partial charge in [-0.15, -0.1) is 0 Å². The molecule has 0 atom stereocenters. The largest absolute Gasteiger partial charge is 0.369 e. The SMILES string of the molecule is CC(=O)c1cccnc1.O=C1c2cc(C#CC(O)(c3ccccc3)c3ccccc3)ccc2-c2ccc(C#CC(O)(c3ccccc3)c3ccccc3)cc21. The zero-order chi connectivity index (χ0) is 38.3. The maximum absolute atomic E-state index is 13.7. The minimum absolute atomic E-state index is 0.0584. The maximum atomic E-state index is 13.7. The molecule has 0 amide bonds. The van der Waals surface area contributed by atoms with Gasteiger partial charge in [0, 0.05) is 62.5 Å². The summed E-state index contributed by atoms with van der Waals surface area (Å²) in [5.74, 6) is 12.4. The summed E-state index contributed by atoms with van der Waals surface area (Å²) < 4.78 is 0. The van der Waals surface area contributed by atoms with E-state index in [1.807, 2.05) is 146 Å². The number of carbonyl (C=O) groups excluding carboxylic acids is 2. The molecule has 2 N–H and O–H groups in total. The fraction of sp³-hybridized carbons (Fsp3) is 0.0600. The number of rotatable bonds is 5. The van der Waals surface area contributed by atoms with E-state index in [0.717, 1.165) is 11.1 Å². The smallest absolute Gasteiger partial charge is 0.194 e. The molecular formula is C50H35NO4. The van der Waals surface area contributed by atoms with Gasteiger partial charge in [0.05, 0.1) is 0 Å². The van der Waals surface area contributed by atoms with Crippen LogP contribution in [0.4, 0.5) is 0 Å². The summed E-state index contributed by atoms with van der Waals surface area (Å²) in [5.41, 5.74) is 4.30. The summed E-state index contributed by atoms with van der Waals surface area (Å²) in [6.07, 6.45) is 3.20. The zero-order valence-corrected chi connectivity index (χ0v) is 30.0. The molecule has 1 aromatic heterocycles. The Labute approximate surface area is 320 Å². The van der Waals surface area contributed by atoms with Gasteiger partial charge in [0.2, 0.25) is 0 Å². The monoisotopic (exact) mass is 713 g/mol. The fourth-order valence-corrected chi connectivity index (χ4v) is 6.47. The van der Waals surface area contributed by atoms with Crippen molar-refractivity contribution < 1.29 is 19.8 Å². The quantitative estimate of drug-likeness (QED) is 0.138. The Morgan fingerprint density at radius 1 is 0.509 bits per heavy atom. The van der Waals surface area contributed by atoms with E-state index >= 15 is 0 Å². The van der Waals surface area contributed by atoms with Crippen LogP contribution < -0.4 is 0 Å². The third-order valence-electron chi connectivity index (χ3n) is 9.43. The van der Waals surface area contributed by atoms with Gasteiger partial charge >= 0.3 is 0 Å². The third kappa shape index (κ3) is 7.67. The highest BCUT2D eigenvalue weighted by Gasteiger charge is 2.31. The van der Waals surface area contributed by atoms with Crippen molar-refractivity contribution in [2.45, 2.75) is 18.1 Å². The van der Waals surface area contributed by atoms with E-state index < -0.39 is 11.2 Å². The van der Waals surface area contributed by atoms with Gasteiger partial charge in [-0.2, -0.15) is 0 Å².